The molecule has 2 N–H and O–H groups in total. The van der Waals surface area contributed by atoms with Crippen LogP contribution >= 0.6 is 11.6 Å². The molecule has 0 spiro atoms. The molecular weight excluding hydrogens is 512 g/mol. The number of halogens is 1. The molecule has 2 aliphatic heterocycles. The van der Waals surface area contributed by atoms with Crippen LogP contribution in [-0.4, -0.2) is 59.5 Å². The molecule has 2 saturated heterocycles. The van der Waals surface area contributed by atoms with Gasteiger partial charge in [0.05, 0.1) is 36.4 Å². The lowest BCUT2D eigenvalue weighted by atomic mass is 9.95. The van der Waals surface area contributed by atoms with Crippen molar-refractivity contribution in [2.24, 2.45) is 0 Å². The van der Waals surface area contributed by atoms with E-state index in [-0.39, 0.29) is 17.9 Å². The number of piperidine rings is 1. The normalized spacial score (nSPS) is 17.6. The van der Waals surface area contributed by atoms with Gasteiger partial charge in [-0.3, -0.25) is 14.8 Å². The minimum absolute atomic E-state index is 0.0802. The van der Waals surface area contributed by atoms with E-state index in [9.17, 15) is 4.79 Å². The zero-order chi connectivity index (χ0) is 26.8. The van der Waals surface area contributed by atoms with E-state index in [2.05, 4.69) is 20.4 Å². The van der Waals surface area contributed by atoms with Crippen molar-refractivity contribution in [3.05, 3.63) is 77.3 Å². The number of carbonyl (C=O) groups excluding carboxylic acids is 1. The number of benzene rings is 3. The first kappa shape index (κ1) is 25.9. The van der Waals surface area contributed by atoms with E-state index < -0.39 is 0 Å². The van der Waals surface area contributed by atoms with Crippen LogP contribution in [0.1, 0.15) is 37.7 Å². The fraction of sp³-hybridized carbons (Fsp3) is 0.355. The minimum Gasteiger partial charge on any atom is -0.490 e. The first-order chi connectivity index (χ1) is 19.1. The Morgan fingerprint density at radius 1 is 1.13 bits per heavy atom. The monoisotopic (exact) mass is 544 g/mol. The summed E-state index contributed by atoms with van der Waals surface area (Å²) in [6, 6.07) is 22.0. The van der Waals surface area contributed by atoms with Crippen molar-refractivity contribution in [1.82, 2.24) is 15.1 Å². The lowest BCUT2D eigenvalue weighted by Gasteiger charge is -2.41. The SMILES string of the molecule is CC[C@H](C(=O)Nc1ccc2[nH]nc(-c3ccc(OC4CCN(C5COC5)CC4)cc3)c2c1)c1ccccc1Cl. The van der Waals surface area contributed by atoms with Gasteiger partial charge in [-0.05, 0) is 73.4 Å². The number of amides is 1. The number of fused-ring (bicyclic) bond motifs is 1. The highest BCUT2D eigenvalue weighted by atomic mass is 35.5. The highest BCUT2D eigenvalue weighted by Gasteiger charge is 2.30. The number of hydrogen-bond acceptors (Lipinski definition) is 5. The summed E-state index contributed by atoms with van der Waals surface area (Å²) in [5.74, 6) is 0.468. The number of rotatable bonds is 8. The minimum atomic E-state index is -0.328. The van der Waals surface area contributed by atoms with Crippen LogP contribution in [0.2, 0.25) is 5.02 Å². The first-order valence-electron chi connectivity index (χ1n) is 13.7. The Morgan fingerprint density at radius 2 is 1.90 bits per heavy atom. The van der Waals surface area contributed by atoms with Crippen molar-refractivity contribution in [1.29, 1.82) is 0 Å². The Hall–Kier alpha value is -3.39. The van der Waals surface area contributed by atoms with Gasteiger partial charge in [-0.2, -0.15) is 5.10 Å². The third-order valence-corrected chi connectivity index (χ3v) is 8.22. The molecule has 0 bridgehead atoms. The van der Waals surface area contributed by atoms with E-state index in [4.69, 9.17) is 21.1 Å². The fourth-order valence-corrected chi connectivity index (χ4v) is 5.79. The van der Waals surface area contributed by atoms with Crippen molar-refractivity contribution in [3.63, 3.8) is 0 Å². The molecule has 1 amide bonds. The van der Waals surface area contributed by atoms with Crippen molar-refractivity contribution in [2.75, 3.05) is 31.6 Å². The van der Waals surface area contributed by atoms with Crippen molar-refractivity contribution in [3.8, 4) is 17.0 Å². The van der Waals surface area contributed by atoms with Crippen LogP contribution in [0.3, 0.4) is 0 Å². The van der Waals surface area contributed by atoms with Gasteiger partial charge in [0.2, 0.25) is 5.91 Å². The maximum atomic E-state index is 13.2. The van der Waals surface area contributed by atoms with Gasteiger partial charge in [-0.1, -0.05) is 36.7 Å². The van der Waals surface area contributed by atoms with Crippen LogP contribution in [0.25, 0.3) is 22.2 Å². The average Bonchev–Trinajstić information content (AvgIpc) is 3.34. The van der Waals surface area contributed by atoms with Crippen LogP contribution in [0.5, 0.6) is 5.75 Å². The Labute approximate surface area is 233 Å². The lowest BCUT2D eigenvalue weighted by Crippen LogP contribution is -2.52. The van der Waals surface area contributed by atoms with Gasteiger partial charge in [0.15, 0.2) is 0 Å². The molecule has 202 valence electrons. The van der Waals surface area contributed by atoms with Gasteiger partial charge in [0.25, 0.3) is 0 Å². The van der Waals surface area contributed by atoms with E-state index in [1.54, 1.807) is 0 Å². The number of nitrogens with one attached hydrogen (secondary N) is 2. The third-order valence-electron chi connectivity index (χ3n) is 7.88. The van der Waals surface area contributed by atoms with E-state index in [1.807, 2.05) is 73.7 Å². The Bertz CT molecular complexity index is 1440. The zero-order valence-corrected chi connectivity index (χ0v) is 22.8. The maximum absolute atomic E-state index is 13.2. The van der Waals surface area contributed by atoms with Gasteiger partial charge in [0, 0.05) is 34.7 Å². The molecule has 4 aromatic rings. The summed E-state index contributed by atoms with van der Waals surface area (Å²) in [6.07, 6.45) is 2.96. The van der Waals surface area contributed by atoms with E-state index >= 15 is 0 Å². The molecule has 39 heavy (non-hydrogen) atoms. The summed E-state index contributed by atoms with van der Waals surface area (Å²) < 4.78 is 11.6. The number of H-pyrrole nitrogens is 1. The number of hydrogen-bond donors (Lipinski definition) is 2. The van der Waals surface area contributed by atoms with Crippen LogP contribution in [0, 0.1) is 0 Å². The second kappa shape index (κ2) is 11.4. The predicted octanol–water partition coefficient (Wildman–Crippen LogP) is 6.26. The lowest BCUT2D eigenvalue weighted by molar-refractivity contribution is -0.117. The van der Waals surface area contributed by atoms with Crippen LogP contribution < -0.4 is 10.1 Å². The molecule has 2 fully saturated rings. The van der Waals surface area contributed by atoms with E-state index in [1.165, 1.54) is 0 Å². The highest BCUT2D eigenvalue weighted by Crippen LogP contribution is 2.32. The largest absolute Gasteiger partial charge is 0.490 e. The molecular formula is C31H33ClN4O3. The van der Waals surface area contributed by atoms with Crippen LogP contribution in [0.4, 0.5) is 5.69 Å². The van der Waals surface area contributed by atoms with Crippen molar-refractivity contribution in [2.45, 2.75) is 44.2 Å². The number of carbonyl (C=O) groups is 1. The van der Waals surface area contributed by atoms with E-state index in [0.29, 0.717) is 17.5 Å². The third kappa shape index (κ3) is 5.53. The molecule has 0 unspecified atom stereocenters. The summed E-state index contributed by atoms with van der Waals surface area (Å²) in [5, 5.41) is 12.3. The number of ether oxygens (including phenoxy) is 2. The number of anilines is 1. The standard InChI is InChI=1S/C31H33ClN4O3/c1-2-25(26-5-3-4-6-28(26)32)31(37)33-21-9-12-29-27(17-21)30(35-34-29)20-7-10-23(11-8-20)39-24-13-15-36(16-14-24)22-18-38-19-22/h3-12,17,22,24-25H,2,13-16,18-19H2,1H3,(H,33,37)(H,34,35)/t25-/m0/s1. The topological polar surface area (TPSA) is 79.5 Å². The summed E-state index contributed by atoms with van der Waals surface area (Å²) in [5.41, 5.74) is 4.29. The Morgan fingerprint density at radius 3 is 2.59 bits per heavy atom. The Balaban J connectivity index is 1.13. The van der Waals surface area contributed by atoms with Gasteiger partial charge in [-0.15, -0.1) is 0 Å². The quantitative estimate of drug-likeness (QED) is 0.274. The maximum Gasteiger partial charge on any atom is 0.231 e. The first-order valence-corrected chi connectivity index (χ1v) is 14.1. The molecule has 7 nitrogen and oxygen atoms in total. The summed E-state index contributed by atoms with van der Waals surface area (Å²) in [7, 11) is 0. The fourth-order valence-electron chi connectivity index (χ4n) is 5.52. The molecule has 0 radical (unpaired) electrons. The molecule has 1 aromatic heterocycles. The summed E-state index contributed by atoms with van der Waals surface area (Å²) in [4.78, 5) is 15.7. The number of nitrogens with zero attached hydrogens (tertiary/aromatic N) is 2. The van der Waals surface area contributed by atoms with Gasteiger partial charge < -0.3 is 14.8 Å². The molecule has 8 heteroatoms. The predicted molar refractivity (Wildman–Crippen MR) is 154 cm³/mol. The second-order valence-corrected chi connectivity index (χ2v) is 10.8. The highest BCUT2D eigenvalue weighted by molar-refractivity contribution is 6.31. The number of aromatic nitrogens is 2. The van der Waals surface area contributed by atoms with Gasteiger partial charge in [-0.25, -0.2) is 0 Å². The van der Waals surface area contributed by atoms with Gasteiger partial charge >= 0.3 is 0 Å². The molecule has 1 atom stereocenters. The Kier molecular flexibility index (Phi) is 7.55. The second-order valence-electron chi connectivity index (χ2n) is 10.4. The molecule has 0 aliphatic carbocycles. The van der Waals surface area contributed by atoms with Crippen LogP contribution in [0.15, 0.2) is 66.7 Å². The molecule has 2 aliphatic rings. The summed E-state index contributed by atoms with van der Waals surface area (Å²) >= 11 is 6.38. The number of aromatic amines is 1. The van der Waals surface area contributed by atoms with Gasteiger partial charge in [0.1, 0.15) is 11.9 Å². The number of likely N-dealkylation sites (tertiary alicyclic amines) is 1. The smallest absolute Gasteiger partial charge is 0.231 e. The van der Waals surface area contributed by atoms with Crippen molar-refractivity contribution >= 4 is 34.1 Å². The molecule has 3 heterocycles. The molecule has 0 saturated carbocycles. The van der Waals surface area contributed by atoms with Crippen LogP contribution in [-0.2, 0) is 9.53 Å². The summed E-state index contributed by atoms with van der Waals surface area (Å²) in [6.45, 7) is 5.85. The van der Waals surface area contributed by atoms with Crippen molar-refractivity contribution < 1.29 is 14.3 Å². The average molecular weight is 545 g/mol. The molecule has 6 rings (SSSR count). The van der Waals surface area contributed by atoms with E-state index in [0.717, 1.165) is 78.3 Å². The molecule has 3 aromatic carbocycles. The zero-order valence-electron chi connectivity index (χ0n) is 22.0.